The van der Waals surface area contributed by atoms with E-state index in [1.165, 1.54) is 0 Å². The minimum Gasteiger partial charge on any atom is -0.447 e. The molecule has 1 aromatic rings. The Hall–Kier alpha value is -0.850. The molecule has 0 saturated heterocycles. The van der Waals surface area contributed by atoms with Crippen molar-refractivity contribution < 1.29 is 12.8 Å². The van der Waals surface area contributed by atoms with E-state index in [0.29, 0.717) is 37.2 Å². The molecule has 6 heteroatoms. The molecule has 0 aliphatic heterocycles. The molecule has 112 valence electrons. The highest BCUT2D eigenvalue weighted by atomic mass is 32.2. The first-order valence-corrected chi connectivity index (χ1v) is 8.77. The summed E-state index contributed by atoms with van der Waals surface area (Å²) in [6.07, 6.45) is 4.61. The van der Waals surface area contributed by atoms with Gasteiger partial charge in [-0.3, -0.25) is 0 Å². The van der Waals surface area contributed by atoms with Crippen molar-refractivity contribution in [2.75, 3.05) is 20.1 Å². The van der Waals surface area contributed by atoms with Crippen LogP contribution in [-0.2, 0) is 16.6 Å². The number of furan rings is 1. The third-order valence-corrected chi connectivity index (χ3v) is 5.61. The number of nitrogens with one attached hydrogen (secondary N) is 1. The van der Waals surface area contributed by atoms with Gasteiger partial charge in [0.25, 0.3) is 10.0 Å². The van der Waals surface area contributed by atoms with Crippen LogP contribution in [0.3, 0.4) is 0 Å². The Balaban J connectivity index is 1.77. The first-order valence-electron chi connectivity index (χ1n) is 7.33. The first-order chi connectivity index (χ1) is 9.59. The van der Waals surface area contributed by atoms with Crippen molar-refractivity contribution in [3.05, 3.63) is 17.9 Å². The topological polar surface area (TPSA) is 62.6 Å². The fourth-order valence-corrected chi connectivity index (χ4v) is 3.86. The molecule has 1 heterocycles. The van der Waals surface area contributed by atoms with E-state index >= 15 is 0 Å². The fraction of sp³-hybridized carbons (Fsp3) is 0.714. The van der Waals surface area contributed by atoms with Crippen LogP contribution in [-0.4, -0.2) is 32.9 Å². The third-order valence-electron chi connectivity index (χ3n) is 3.90. The summed E-state index contributed by atoms with van der Waals surface area (Å²) < 4.78 is 32.5. The summed E-state index contributed by atoms with van der Waals surface area (Å²) in [5, 5.41) is 3.05. The molecule has 0 bridgehead atoms. The molecular weight excluding hydrogens is 276 g/mol. The Morgan fingerprint density at radius 1 is 1.20 bits per heavy atom. The Morgan fingerprint density at radius 2 is 1.80 bits per heavy atom. The van der Waals surface area contributed by atoms with Crippen molar-refractivity contribution in [2.24, 2.45) is 11.8 Å². The minimum absolute atomic E-state index is 0.0871. The quantitative estimate of drug-likeness (QED) is 0.795. The molecule has 1 aromatic heterocycles. The van der Waals surface area contributed by atoms with E-state index in [2.05, 4.69) is 5.32 Å². The van der Waals surface area contributed by atoms with Gasteiger partial charge in [-0.25, -0.2) is 8.42 Å². The number of nitrogens with zero attached hydrogens (tertiary/aromatic N) is 1. The number of sulfonamides is 1. The van der Waals surface area contributed by atoms with Crippen molar-refractivity contribution in [3.8, 4) is 0 Å². The molecule has 2 saturated carbocycles. The second-order valence-electron chi connectivity index (χ2n) is 5.96. The highest BCUT2D eigenvalue weighted by molar-refractivity contribution is 7.89. The largest absolute Gasteiger partial charge is 0.447 e. The van der Waals surface area contributed by atoms with Crippen LogP contribution in [0.15, 0.2) is 21.6 Å². The fourth-order valence-electron chi connectivity index (χ4n) is 2.34. The minimum atomic E-state index is -3.47. The summed E-state index contributed by atoms with van der Waals surface area (Å²) in [7, 11) is -1.66. The summed E-state index contributed by atoms with van der Waals surface area (Å²) >= 11 is 0. The summed E-state index contributed by atoms with van der Waals surface area (Å²) in [4.78, 5) is 0. The molecule has 0 atom stereocenters. The molecule has 0 aromatic carbocycles. The van der Waals surface area contributed by atoms with Crippen molar-refractivity contribution in [1.29, 1.82) is 0 Å². The maximum atomic E-state index is 12.7. The zero-order chi connectivity index (χ0) is 14.2. The van der Waals surface area contributed by atoms with Gasteiger partial charge in [0.1, 0.15) is 5.76 Å². The predicted molar refractivity (Wildman–Crippen MR) is 75.7 cm³/mol. The average Bonchev–Trinajstić information content (AvgIpc) is 3.32. The lowest BCUT2D eigenvalue weighted by atomic mass is 10.4. The van der Waals surface area contributed by atoms with Gasteiger partial charge < -0.3 is 9.73 Å². The van der Waals surface area contributed by atoms with Gasteiger partial charge in [0.15, 0.2) is 0 Å². The molecule has 0 unspecified atom stereocenters. The van der Waals surface area contributed by atoms with Gasteiger partial charge in [-0.1, -0.05) is 0 Å². The predicted octanol–water partition coefficient (Wildman–Crippen LogP) is 1.81. The van der Waals surface area contributed by atoms with E-state index in [0.717, 1.165) is 25.7 Å². The maximum Gasteiger partial charge on any atom is 0.276 e. The van der Waals surface area contributed by atoms with E-state index in [9.17, 15) is 8.42 Å². The maximum absolute atomic E-state index is 12.7. The number of rotatable bonds is 8. The summed E-state index contributed by atoms with van der Waals surface area (Å²) in [6.45, 7) is 1.85. The summed E-state index contributed by atoms with van der Waals surface area (Å²) in [5.41, 5.74) is 0. The van der Waals surface area contributed by atoms with E-state index in [1.54, 1.807) is 16.4 Å². The van der Waals surface area contributed by atoms with Crippen molar-refractivity contribution >= 4 is 10.0 Å². The van der Waals surface area contributed by atoms with Gasteiger partial charge in [-0.2, -0.15) is 4.31 Å². The van der Waals surface area contributed by atoms with Gasteiger partial charge in [0.05, 0.1) is 6.54 Å². The average molecular weight is 298 g/mol. The molecule has 2 aliphatic rings. The van der Waals surface area contributed by atoms with Crippen LogP contribution in [0.2, 0.25) is 0 Å². The smallest absolute Gasteiger partial charge is 0.276 e. The van der Waals surface area contributed by atoms with E-state index in [4.69, 9.17) is 4.42 Å². The van der Waals surface area contributed by atoms with Crippen LogP contribution < -0.4 is 5.32 Å². The molecule has 5 nitrogen and oxygen atoms in total. The Morgan fingerprint density at radius 3 is 2.30 bits per heavy atom. The normalized spacial score (nSPS) is 19.7. The van der Waals surface area contributed by atoms with E-state index in [-0.39, 0.29) is 5.09 Å². The summed E-state index contributed by atoms with van der Waals surface area (Å²) in [5.74, 6) is 1.76. The molecule has 2 fully saturated rings. The van der Waals surface area contributed by atoms with Crippen LogP contribution >= 0.6 is 0 Å². The van der Waals surface area contributed by atoms with Crippen molar-refractivity contribution in [2.45, 2.75) is 37.3 Å². The molecule has 20 heavy (non-hydrogen) atoms. The van der Waals surface area contributed by atoms with Crippen LogP contribution in [0.25, 0.3) is 0 Å². The monoisotopic (exact) mass is 298 g/mol. The first kappa shape index (κ1) is 14.1. The highest BCUT2D eigenvalue weighted by Gasteiger charge is 2.37. The van der Waals surface area contributed by atoms with E-state index in [1.807, 2.05) is 7.05 Å². The van der Waals surface area contributed by atoms with Crippen LogP contribution in [0.4, 0.5) is 0 Å². The molecule has 1 N–H and O–H groups in total. The Kier molecular flexibility index (Phi) is 3.88. The lowest BCUT2D eigenvalue weighted by Crippen LogP contribution is -2.34. The van der Waals surface area contributed by atoms with E-state index < -0.39 is 10.0 Å². The lowest BCUT2D eigenvalue weighted by molar-refractivity contribution is 0.349. The van der Waals surface area contributed by atoms with Gasteiger partial charge in [-0.15, -0.1) is 0 Å². The second kappa shape index (κ2) is 5.50. The van der Waals surface area contributed by atoms with Crippen LogP contribution in [0.5, 0.6) is 0 Å². The standard InChI is InChI=1S/C14H22N2O3S/c1-15-8-13-6-7-14(19-13)20(17,18)16(9-11-2-3-11)10-12-4-5-12/h6-7,11-12,15H,2-5,8-10H2,1H3. The van der Waals surface area contributed by atoms with Crippen molar-refractivity contribution in [3.63, 3.8) is 0 Å². The molecule has 3 rings (SSSR count). The van der Waals surface area contributed by atoms with Gasteiger partial charge in [0.2, 0.25) is 5.09 Å². The number of hydrogen-bond donors (Lipinski definition) is 1. The van der Waals surface area contributed by atoms with Crippen molar-refractivity contribution in [1.82, 2.24) is 9.62 Å². The number of hydrogen-bond acceptors (Lipinski definition) is 4. The van der Waals surface area contributed by atoms with Gasteiger partial charge in [0, 0.05) is 13.1 Å². The molecule has 0 amide bonds. The molecule has 0 radical (unpaired) electrons. The SMILES string of the molecule is CNCc1ccc(S(=O)(=O)N(CC2CC2)CC2CC2)o1. The Bertz CT molecular complexity index is 545. The third kappa shape index (κ3) is 3.24. The molecule has 2 aliphatic carbocycles. The zero-order valence-electron chi connectivity index (χ0n) is 11.8. The molecule has 0 spiro atoms. The van der Waals surface area contributed by atoms with Gasteiger partial charge >= 0.3 is 0 Å². The summed E-state index contributed by atoms with van der Waals surface area (Å²) in [6, 6.07) is 3.31. The zero-order valence-corrected chi connectivity index (χ0v) is 12.7. The Labute approximate surface area is 120 Å². The van der Waals surface area contributed by atoms with Gasteiger partial charge in [-0.05, 0) is 56.7 Å². The lowest BCUT2D eigenvalue weighted by Gasteiger charge is -2.20. The second-order valence-corrected chi connectivity index (χ2v) is 7.83. The van der Waals surface area contributed by atoms with Crippen LogP contribution in [0.1, 0.15) is 31.4 Å². The molecular formula is C14H22N2O3S. The van der Waals surface area contributed by atoms with Crippen LogP contribution in [0, 0.1) is 11.8 Å². The highest BCUT2D eigenvalue weighted by Crippen LogP contribution is 2.36.